The van der Waals surface area contributed by atoms with Crippen LogP contribution in [0.3, 0.4) is 0 Å². The molecule has 1 aliphatic heterocycles. The maximum Gasteiger partial charge on any atom is 0.150 e. The van der Waals surface area contributed by atoms with Crippen molar-refractivity contribution in [3.8, 4) is 0 Å². The first-order valence-electron chi connectivity index (χ1n) is 5.09. The zero-order valence-corrected chi connectivity index (χ0v) is 8.94. The molecule has 0 N–H and O–H groups in total. The molecule has 4 heteroatoms. The van der Waals surface area contributed by atoms with Gasteiger partial charge in [-0.1, -0.05) is 17.7 Å². The van der Waals surface area contributed by atoms with Crippen LogP contribution in [0.1, 0.15) is 19.1 Å². The highest BCUT2D eigenvalue weighted by molar-refractivity contribution is 6.35. The maximum atomic E-state index is 6.08. The molecule has 2 aromatic rings. The Morgan fingerprint density at radius 2 is 2.40 bits per heavy atom. The van der Waals surface area contributed by atoms with Gasteiger partial charge in [-0.15, -0.1) is 0 Å². The van der Waals surface area contributed by atoms with Gasteiger partial charge < -0.3 is 4.74 Å². The van der Waals surface area contributed by atoms with E-state index in [0.717, 1.165) is 35.4 Å². The highest BCUT2D eigenvalue weighted by Crippen LogP contribution is 2.29. The van der Waals surface area contributed by atoms with Gasteiger partial charge in [0.25, 0.3) is 0 Å². The number of hydrogen-bond acceptors (Lipinski definition) is 2. The fourth-order valence-electron chi connectivity index (χ4n) is 2.02. The molecule has 0 radical (unpaired) electrons. The molecule has 1 unspecified atom stereocenters. The third-order valence-corrected chi connectivity index (χ3v) is 3.10. The van der Waals surface area contributed by atoms with Crippen LogP contribution in [0.5, 0.6) is 0 Å². The third kappa shape index (κ3) is 1.43. The summed E-state index contributed by atoms with van der Waals surface area (Å²) in [6, 6.07) is 5.85. The van der Waals surface area contributed by atoms with Gasteiger partial charge in [-0.2, -0.15) is 5.10 Å². The minimum atomic E-state index is 0.0842. The molecule has 0 bridgehead atoms. The lowest BCUT2D eigenvalue weighted by molar-refractivity contribution is 0.0503. The standard InChI is InChI=1S/C11H11ClN2O/c12-9-3-1-4-10-8(9)7-13-14(10)11-5-2-6-15-11/h1,3-4,7,11H,2,5-6H2. The second-order valence-corrected chi connectivity index (χ2v) is 4.14. The summed E-state index contributed by atoms with van der Waals surface area (Å²) < 4.78 is 7.53. The molecule has 0 aliphatic carbocycles. The normalized spacial score (nSPS) is 21.3. The van der Waals surface area contributed by atoms with Gasteiger partial charge in [0.2, 0.25) is 0 Å². The molecule has 0 spiro atoms. The second kappa shape index (κ2) is 3.51. The van der Waals surface area contributed by atoms with E-state index in [-0.39, 0.29) is 6.23 Å². The number of halogens is 1. The van der Waals surface area contributed by atoms with Gasteiger partial charge in [0.15, 0.2) is 6.23 Å². The van der Waals surface area contributed by atoms with E-state index in [9.17, 15) is 0 Å². The number of fused-ring (bicyclic) bond motifs is 1. The lowest BCUT2D eigenvalue weighted by Gasteiger charge is -2.10. The van der Waals surface area contributed by atoms with Crippen molar-refractivity contribution in [1.29, 1.82) is 0 Å². The summed E-state index contributed by atoms with van der Waals surface area (Å²) in [4.78, 5) is 0. The Hall–Kier alpha value is -1.06. The molecule has 1 fully saturated rings. The molecule has 2 heterocycles. The van der Waals surface area contributed by atoms with Crippen molar-refractivity contribution in [2.45, 2.75) is 19.1 Å². The van der Waals surface area contributed by atoms with E-state index in [1.54, 1.807) is 6.20 Å². The van der Waals surface area contributed by atoms with Crippen LogP contribution in [-0.2, 0) is 4.74 Å². The molecule has 1 aromatic carbocycles. The molecule has 0 saturated carbocycles. The molecule has 1 aromatic heterocycles. The average Bonchev–Trinajstić information content (AvgIpc) is 2.85. The van der Waals surface area contributed by atoms with Crippen LogP contribution in [0.15, 0.2) is 24.4 Å². The summed E-state index contributed by atoms with van der Waals surface area (Å²) in [5, 5.41) is 6.09. The molecular weight excluding hydrogens is 212 g/mol. The van der Waals surface area contributed by atoms with Crippen LogP contribution in [-0.4, -0.2) is 16.4 Å². The Labute approximate surface area is 92.6 Å². The van der Waals surface area contributed by atoms with E-state index >= 15 is 0 Å². The second-order valence-electron chi connectivity index (χ2n) is 3.73. The summed E-state index contributed by atoms with van der Waals surface area (Å²) in [5.41, 5.74) is 1.05. The monoisotopic (exact) mass is 222 g/mol. The SMILES string of the molecule is Clc1cccc2c1cnn2C1CCCO1. The van der Waals surface area contributed by atoms with Gasteiger partial charge >= 0.3 is 0 Å². The number of aromatic nitrogens is 2. The molecule has 78 valence electrons. The maximum absolute atomic E-state index is 6.08. The van der Waals surface area contributed by atoms with Crippen molar-refractivity contribution < 1.29 is 4.74 Å². The Morgan fingerprint density at radius 1 is 1.47 bits per heavy atom. The zero-order valence-electron chi connectivity index (χ0n) is 8.19. The molecule has 3 rings (SSSR count). The van der Waals surface area contributed by atoms with Crippen molar-refractivity contribution >= 4 is 22.5 Å². The number of nitrogens with zero attached hydrogens (tertiary/aromatic N) is 2. The van der Waals surface area contributed by atoms with Crippen molar-refractivity contribution in [2.24, 2.45) is 0 Å². The van der Waals surface area contributed by atoms with Crippen LogP contribution in [0.2, 0.25) is 5.02 Å². The first-order chi connectivity index (χ1) is 7.36. The summed E-state index contributed by atoms with van der Waals surface area (Å²) in [7, 11) is 0. The van der Waals surface area contributed by atoms with E-state index in [0.29, 0.717) is 0 Å². The predicted molar refractivity (Wildman–Crippen MR) is 59.0 cm³/mol. The number of benzene rings is 1. The van der Waals surface area contributed by atoms with Crippen LogP contribution in [0, 0.1) is 0 Å². The van der Waals surface area contributed by atoms with Crippen molar-refractivity contribution in [3.63, 3.8) is 0 Å². The van der Waals surface area contributed by atoms with Crippen LogP contribution in [0.25, 0.3) is 10.9 Å². The Morgan fingerprint density at radius 3 is 3.20 bits per heavy atom. The van der Waals surface area contributed by atoms with Gasteiger partial charge in [-0.3, -0.25) is 0 Å². The summed E-state index contributed by atoms with van der Waals surface area (Å²) >= 11 is 6.08. The number of ether oxygens (including phenoxy) is 1. The highest BCUT2D eigenvalue weighted by atomic mass is 35.5. The van der Waals surface area contributed by atoms with Crippen molar-refractivity contribution in [2.75, 3.05) is 6.61 Å². The smallest absolute Gasteiger partial charge is 0.150 e. The Balaban J connectivity index is 2.15. The van der Waals surface area contributed by atoms with E-state index in [2.05, 4.69) is 5.10 Å². The average molecular weight is 223 g/mol. The molecule has 15 heavy (non-hydrogen) atoms. The zero-order chi connectivity index (χ0) is 10.3. The largest absolute Gasteiger partial charge is 0.356 e. The molecule has 0 amide bonds. The highest BCUT2D eigenvalue weighted by Gasteiger charge is 2.20. The third-order valence-electron chi connectivity index (χ3n) is 2.77. The van der Waals surface area contributed by atoms with Crippen molar-refractivity contribution in [3.05, 3.63) is 29.4 Å². The van der Waals surface area contributed by atoms with Crippen LogP contribution in [0.4, 0.5) is 0 Å². The molecule has 1 saturated heterocycles. The number of hydrogen-bond donors (Lipinski definition) is 0. The Kier molecular flexibility index (Phi) is 2.15. The predicted octanol–water partition coefficient (Wildman–Crippen LogP) is 3.00. The summed E-state index contributed by atoms with van der Waals surface area (Å²) in [6.45, 7) is 0.826. The minimum Gasteiger partial charge on any atom is -0.356 e. The first-order valence-corrected chi connectivity index (χ1v) is 5.47. The van der Waals surface area contributed by atoms with E-state index in [4.69, 9.17) is 16.3 Å². The van der Waals surface area contributed by atoms with Crippen LogP contribution < -0.4 is 0 Å². The Bertz CT molecular complexity index is 488. The first kappa shape index (κ1) is 9.19. The van der Waals surface area contributed by atoms with E-state index in [1.807, 2.05) is 22.9 Å². The van der Waals surface area contributed by atoms with Gasteiger partial charge in [0.1, 0.15) is 0 Å². The quantitative estimate of drug-likeness (QED) is 0.742. The summed E-state index contributed by atoms with van der Waals surface area (Å²) in [6.07, 6.45) is 4.02. The van der Waals surface area contributed by atoms with E-state index in [1.165, 1.54) is 0 Å². The number of rotatable bonds is 1. The minimum absolute atomic E-state index is 0.0842. The fraction of sp³-hybridized carbons (Fsp3) is 0.364. The fourth-order valence-corrected chi connectivity index (χ4v) is 2.24. The molecule has 3 nitrogen and oxygen atoms in total. The van der Waals surface area contributed by atoms with Gasteiger partial charge in [-0.05, 0) is 25.0 Å². The summed E-state index contributed by atoms with van der Waals surface area (Å²) in [5.74, 6) is 0. The van der Waals surface area contributed by atoms with Gasteiger partial charge in [0.05, 0.1) is 16.7 Å². The van der Waals surface area contributed by atoms with E-state index < -0.39 is 0 Å². The molecular formula is C11H11ClN2O. The van der Waals surface area contributed by atoms with Gasteiger partial charge in [0, 0.05) is 12.0 Å². The van der Waals surface area contributed by atoms with Crippen LogP contribution >= 0.6 is 11.6 Å². The lowest BCUT2D eigenvalue weighted by Crippen LogP contribution is -2.08. The topological polar surface area (TPSA) is 27.1 Å². The van der Waals surface area contributed by atoms with Crippen molar-refractivity contribution in [1.82, 2.24) is 9.78 Å². The lowest BCUT2D eigenvalue weighted by atomic mass is 10.2. The van der Waals surface area contributed by atoms with Gasteiger partial charge in [-0.25, -0.2) is 4.68 Å². The molecule has 1 atom stereocenters. The molecule has 1 aliphatic rings.